The van der Waals surface area contributed by atoms with Crippen LogP contribution in [0.3, 0.4) is 0 Å². The largest absolute Gasteiger partial charge is 0.480 e. The minimum atomic E-state index is -1.49. The van der Waals surface area contributed by atoms with Crippen molar-refractivity contribution in [3.05, 3.63) is 138 Å². The fourth-order valence-corrected chi connectivity index (χ4v) is 7.67. The van der Waals surface area contributed by atoms with Gasteiger partial charge in [0.15, 0.2) is 0 Å². The molecule has 0 spiro atoms. The van der Waals surface area contributed by atoms with Crippen LogP contribution in [0.2, 0.25) is 0 Å². The third kappa shape index (κ3) is 18.6. The second-order valence-electron chi connectivity index (χ2n) is 18.5. The Kier molecular flexibility index (Phi) is 22.2. The van der Waals surface area contributed by atoms with Gasteiger partial charge in [-0.3, -0.25) is 34.1 Å². The van der Waals surface area contributed by atoms with E-state index in [-0.39, 0.29) is 44.8 Å². The van der Waals surface area contributed by atoms with Gasteiger partial charge in [-0.25, -0.2) is 4.79 Å². The first kappa shape index (κ1) is 56.4. The number of nitrogens with two attached hydrogens (primary N) is 1. The summed E-state index contributed by atoms with van der Waals surface area (Å²) in [5.74, 6) is -5.03. The van der Waals surface area contributed by atoms with E-state index in [1.54, 1.807) is 45.0 Å². The average molecular weight is 980 g/mol. The molecule has 0 radical (unpaired) electrons. The van der Waals surface area contributed by atoms with Crippen molar-refractivity contribution in [3.8, 4) is 0 Å². The van der Waals surface area contributed by atoms with E-state index in [1.165, 1.54) is 0 Å². The van der Waals surface area contributed by atoms with Gasteiger partial charge < -0.3 is 52.0 Å². The lowest BCUT2D eigenvalue weighted by atomic mass is 9.80. The maximum Gasteiger partial charge on any atom is 0.407 e. The number of carbonyl (C=O) groups is 7. The minimum Gasteiger partial charge on any atom is -0.480 e. The van der Waals surface area contributed by atoms with Crippen LogP contribution in [-0.2, 0) is 50.4 Å². The van der Waals surface area contributed by atoms with E-state index in [0.717, 1.165) is 0 Å². The molecule has 10 N–H and O–H groups in total. The Hall–Kier alpha value is -7.15. The van der Waals surface area contributed by atoms with Gasteiger partial charge in [-0.2, -0.15) is 0 Å². The summed E-state index contributed by atoms with van der Waals surface area (Å²) in [5.41, 5.74) is 6.44. The van der Waals surface area contributed by atoms with Crippen molar-refractivity contribution in [2.45, 2.75) is 115 Å². The van der Waals surface area contributed by atoms with Gasteiger partial charge in [0, 0.05) is 18.7 Å². The first-order valence-corrected chi connectivity index (χ1v) is 23.7. The van der Waals surface area contributed by atoms with Crippen LogP contribution in [0.25, 0.3) is 0 Å². The van der Waals surface area contributed by atoms with Crippen LogP contribution in [0.15, 0.2) is 115 Å². The highest BCUT2D eigenvalue weighted by molar-refractivity contribution is 5.98. The molecule has 18 heteroatoms. The number of benzene rings is 4. The number of carbonyl (C=O) groups excluding carboxylic acids is 6. The fourth-order valence-electron chi connectivity index (χ4n) is 7.67. The van der Waals surface area contributed by atoms with Crippen molar-refractivity contribution in [3.63, 3.8) is 0 Å². The highest BCUT2D eigenvalue weighted by Gasteiger charge is 2.40. The summed E-state index contributed by atoms with van der Waals surface area (Å²) >= 11 is 0. The molecule has 71 heavy (non-hydrogen) atoms. The number of primary amides is 1. The Bertz CT molecular complexity index is 2250. The molecule has 4 aromatic rings. The van der Waals surface area contributed by atoms with Gasteiger partial charge in [0.05, 0.1) is 25.8 Å². The van der Waals surface area contributed by atoms with Crippen molar-refractivity contribution < 1.29 is 53.2 Å². The summed E-state index contributed by atoms with van der Waals surface area (Å²) < 4.78 is 12.2. The van der Waals surface area contributed by atoms with Crippen LogP contribution in [0.4, 0.5) is 10.5 Å². The number of hydrogen-bond donors (Lipinski definition) is 9. The Labute approximate surface area is 415 Å². The lowest BCUT2D eigenvalue weighted by molar-refractivity contribution is -0.141. The highest BCUT2D eigenvalue weighted by atomic mass is 16.6. The molecule has 0 heterocycles. The van der Waals surface area contributed by atoms with Crippen LogP contribution >= 0.6 is 0 Å². The Morgan fingerprint density at radius 3 is 1.70 bits per heavy atom. The molecule has 0 saturated heterocycles. The quantitative estimate of drug-likeness (QED) is 0.0279. The molecule has 0 bridgehead atoms. The summed E-state index contributed by atoms with van der Waals surface area (Å²) in [7, 11) is 0. The van der Waals surface area contributed by atoms with Crippen molar-refractivity contribution in [2.75, 3.05) is 25.0 Å². The molecule has 18 nitrogen and oxygen atoms in total. The molecule has 382 valence electrons. The van der Waals surface area contributed by atoms with E-state index >= 15 is 0 Å². The third-order valence-corrected chi connectivity index (χ3v) is 11.1. The zero-order valence-electron chi connectivity index (χ0n) is 41.1. The first-order chi connectivity index (χ1) is 33.8. The summed E-state index contributed by atoms with van der Waals surface area (Å²) in [6.45, 7) is 7.85. The van der Waals surface area contributed by atoms with Gasteiger partial charge in [-0.1, -0.05) is 117 Å². The van der Waals surface area contributed by atoms with E-state index in [0.29, 0.717) is 40.8 Å². The van der Waals surface area contributed by atoms with Gasteiger partial charge in [0.25, 0.3) is 0 Å². The fraction of sp³-hybridized carbons (Fsp3) is 0.415. The predicted molar refractivity (Wildman–Crippen MR) is 267 cm³/mol. The standard InChI is InChI=1S/C53H69N7O11/c1-35(2)31-43(58-42(50(67)68)28-29-45(54)62)49(66)60-44(34-70-53(37-17-9-6-10-18-37,38-19-11-7-12-20-38)39-21-13-8-14-22-39)47(64)56-32-46(63)59-41(23-15-16-30-55-51(69)71-52(3,4)5)48(65)57-40-26-24-36(33-61)25-27-40/h6-14,17-22,24-27,35,41-44,58,61H,15-16,23,28-34H2,1-5H3,(H2,54,62)(H,55,69)(H,56,64)(H,57,65)(H,59,63)(H,60,66)(H,67,68)/t41-,42-,43-,44-/m0/s1. The molecule has 0 aliphatic heterocycles. The Morgan fingerprint density at radius 2 is 1.21 bits per heavy atom. The molecular weight excluding hydrogens is 911 g/mol. The topological polar surface area (TPSA) is 277 Å². The van der Waals surface area contributed by atoms with E-state index in [1.807, 2.05) is 105 Å². The number of alkyl carbamates (subject to hydrolysis) is 1. The molecule has 4 rings (SSSR count). The van der Waals surface area contributed by atoms with Crippen molar-refractivity contribution >= 4 is 47.3 Å². The number of rotatable bonds is 28. The zero-order chi connectivity index (χ0) is 52.0. The third-order valence-electron chi connectivity index (χ3n) is 11.1. The number of aliphatic hydroxyl groups is 1. The van der Waals surface area contributed by atoms with Crippen LogP contribution in [0.5, 0.6) is 0 Å². The molecule has 0 saturated carbocycles. The molecule has 0 aromatic heterocycles. The molecule has 0 unspecified atom stereocenters. The van der Waals surface area contributed by atoms with Gasteiger partial charge in [-0.15, -0.1) is 0 Å². The van der Waals surface area contributed by atoms with Gasteiger partial charge in [-0.05, 0) is 93.2 Å². The minimum absolute atomic E-state index is 0.135. The van der Waals surface area contributed by atoms with Crippen LogP contribution in [0.1, 0.15) is 95.4 Å². The number of nitrogens with one attached hydrogen (secondary N) is 6. The smallest absolute Gasteiger partial charge is 0.407 e. The zero-order valence-corrected chi connectivity index (χ0v) is 41.1. The maximum absolute atomic E-state index is 14.5. The molecule has 0 aliphatic rings. The molecular formula is C53H69N7O11. The molecule has 4 atom stereocenters. The number of amides is 6. The number of carboxylic acids is 1. The molecule has 0 aliphatic carbocycles. The Morgan fingerprint density at radius 1 is 0.648 bits per heavy atom. The van der Waals surface area contributed by atoms with E-state index in [4.69, 9.17) is 15.2 Å². The Balaban J connectivity index is 1.63. The van der Waals surface area contributed by atoms with Gasteiger partial charge >= 0.3 is 12.1 Å². The predicted octanol–water partition coefficient (Wildman–Crippen LogP) is 4.63. The lowest BCUT2D eigenvalue weighted by Gasteiger charge is -2.37. The monoisotopic (exact) mass is 980 g/mol. The van der Waals surface area contributed by atoms with Crippen LogP contribution < -0.4 is 37.6 Å². The van der Waals surface area contributed by atoms with Crippen molar-refractivity contribution in [1.82, 2.24) is 26.6 Å². The van der Waals surface area contributed by atoms with E-state index in [2.05, 4.69) is 31.9 Å². The SMILES string of the molecule is CC(C)C[C@H](N[C@@H](CCC(N)=O)C(=O)O)C(=O)N[C@@H](COC(c1ccccc1)(c1ccccc1)c1ccccc1)C(=O)NCC(=O)N[C@@H](CCCCNC(=O)OC(C)(C)C)C(=O)Nc1ccc(CO)cc1. The van der Waals surface area contributed by atoms with E-state index < -0.39 is 90.1 Å². The molecule has 6 amide bonds. The van der Waals surface area contributed by atoms with E-state index in [9.17, 15) is 43.8 Å². The second-order valence-corrected chi connectivity index (χ2v) is 18.5. The van der Waals surface area contributed by atoms with Crippen molar-refractivity contribution in [2.24, 2.45) is 11.7 Å². The number of ether oxygens (including phenoxy) is 2. The normalized spacial score (nSPS) is 13.2. The summed E-state index contributed by atoms with van der Waals surface area (Å²) in [5, 5.41) is 35.9. The van der Waals surface area contributed by atoms with Crippen LogP contribution in [-0.4, -0.2) is 101 Å². The number of hydrogen-bond acceptors (Lipinski definition) is 11. The van der Waals surface area contributed by atoms with Crippen LogP contribution in [0, 0.1) is 5.92 Å². The average Bonchev–Trinajstić information content (AvgIpc) is 3.33. The number of aliphatic carboxylic acids is 1. The number of anilines is 1. The molecule has 0 fully saturated rings. The van der Waals surface area contributed by atoms with Gasteiger partial charge in [0.1, 0.15) is 29.3 Å². The maximum atomic E-state index is 14.5. The highest BCUT2D eigenvalue weighted by Crippen LogP contribution is 2.40. The molecule has 4 aromatic carbocycles. The first-order valence-electron chi connectivity index (χ1n) is 23.7. The second kappa shape index (κ2) is 27.9. The summed E-state index contributed by atoms with van der Waals surface area (Å²) in [6.07, 6.45) is 0.0571. The lowest BCUT2D eigenvalue weighted by Crippen LogP contribution is -2.58. The number of unbranched alkanes of at least 4 members (excludes halogenated alkanes) is 1. The number of carboxylic acid groups (broad SMARTS) is 1. The van der Waals surface area contributed by atoms with Gasteiger partial charge in [0.2, 0.25) is 29.5 Å². The van der Waals surface area contributed by atoms with Crippen molar-refractivity contribution in [1.29, 1.82) is 0 Å². The summed E-state index contributed by atoms with van der Waals surface area (Å²) in [6, 6.07) is 29.4. The number of aliphatic hydroxyl groups excluding tert-OH is 1. The summed E-state index contributed by atoms with van der Waals surface area (Å²) in [4.78, 5) is 92.4.